The van der Waals surface area contributed by atoms with Gasteiger partial charge in [0.2, 0.25) is 5.91 Å². The minimum atomic E-state index is -0.385. The topological polar surface area (TPSA) is 55.4 Å². The molecule has 23 heavy (non-hydrogen) atoms. The molecule has 0 spiro atoms. The van der Waals surface area contributed by atoms with Gasteiger partial charge in [0.05, 0.1) is 5.57 Å². The van der Waals surface area contributed by atoms with Gasteiger partial charge in [-0.2, -0.15) is 11.8 Å². The van der Waals surface area contributed by atoms with Crippen LogP contribution in [0.1, 0.15) is 31.7 Å². The Balaban J connectivity index is 2.25. The molecule has 1 N–H and O–H groups in total. The van der Waals surface area contributed by atoms with Crippen molar-refractivity contribution in [3.63, 3.8) is 0 Å². The first-order chi connectivity index (χ1) is 11.0. The highest BCUT2D eigenvalue weighted by molar-refractivity contribution is 7.99. The molecule has 4 nitrogen and oxygen atoms in total. The maximum atomic E-state index is 12.5. The first-order valence-electron chi connectivity index (χ1n) is 7.54. The smallest absolute Gasteiger partial charge is 0.336 e. The summed E-state index contributed by atoms with van der Waals surface area (Å²) in [6.45, 7) is 4.14. The number of halogens is 1. The molecule has 1 aliphatic rings. The number of allylic oxidation sites excluding steroid dienone is 1. The molecule has 0 aliphatic carbocycles. The van der Waals surface area contributed by atoms with Crippen LogP contribution in [0.2, 0.25) is 5.02 Å². The zero-order valence-corrected chi connectivity index (χ0v) is 14.8. The summed E-state index contributed by atoms with van der Waals surface area (Å²) in [5.41, 5.74) is 1.80. The summed E-state index contributed by atoms with van der Waals surface area (Å²) in [7, 11) is 0. The molecule has 1 amide bonds. The van der Waals surface area contributed by atoms with E-state index in [1.54, 1.807) is 24.8 Å². The number of carbonyl (C=O) groups excluding carboxylic acids is 2. The zero-order valence-electron chi connectivity index (χ0n) is 13.2. The lowest BCUT2D eigenvalue weighted by atomic mass is 9.84. The lowest BCUT2D eigenvalue weighted by Crippen LogP contribution is -2.34. The van der Waals surface area contributed by atoms with Gasteiger partial charge >= 0.3 is 5.97 Å². The van der Waals surface area contributed by atoms with Crippen LogP contribution in [0, 0.1) is 0 Å². The normalized spacial score (nSPS) is 17.9. The number of hydrogen-bond donors (Lipinski definition) is 1. The number of carbonyl (C=O) groups is 2. The van der Waals surface area contributed by atoms with Gasteiger partial charge in [-0.3, -0.25) is 4.79 Å². The molecule has 1 unspecified atom stereocenters. The molecule has 2 rings (SSSR count). The first-order valence-corrected chi connectivity index (χ1v) is 9.07. The van der Waals surface area contributed by atoms with Crippen LogP contribution in [0.15, 0.2) is 35.5 Å². The van der Waals surface area contributed by atoms with Crippen LogP contribution in [-0.4, -0.2) is 30.0 Å². The first kappa shape index (κ1) is 17.9. The Hall–Kier alpha value is -1.46. The number of nitrogens with one attached hydrogen (secondary N) is 1. The summed E-state index contributed by atoms with van der Waals surface area (Å²) >= 11 is 7.97. The van der Waals surface area contributed by atoms with Crippen LogP contribution in [0.4, 0.5) is 0 Å². The predicted molar refractivity (Wildman–Crippen MR) is 93.6 cm³/mol. The predicted octanol–water partition coefficient (Wildman–Crippen LogP) is 3.51. The Bertz CT molecular complexity index is 630. The number of esters is 1. The average molecular weight is 354 g/mol. The van der Waals surface area contributed by atoms with Crippen molar-refractivity contribution in [2.24, 2.45) is 0 Å². The van der Waals surface area contributed by atoms with Crippen molar-refractivity contribution in [3.05, 3.63) is 46.1 Å². The molecule has 1 aromatic rings. The molecule has 124 valence electrons. The van der Waals surface area contributed by atoms with Gasteiger partial charge in [0.15, 0.2) is 0 Å². The zero-order chi connectivity index (χ0) is 16.8. The van der Waals surface area contributed by atoms with Crippen molar-refractivity contribution < 1.29 is 14.3 Å². The number of benzene rings is 1. The summed E-state index contributed by atoms with van der Waals surface area (Å²) in [6, 6.07) is 7.29. The summed E-state index contributed by atoms with van der Waals surface area (Å²) in [5.74, 6) is 0.869. The van der Waals surface area contributed by atoms with Gasteiger partial charge in [-0.1, -0.05) is 36.7 Å². The van der Waals surface area contributed by atoms with E-state index >= 15 is 0 Å². The number of ether oxygens (including phenoxy) is 1. The van der Waals surface area contributed by atoms with Gasteiger partial charge < -0.3 is 10.1 Å². The van der Waals surface area contributed by atoms with Gasteiger partial charge in [-0.05, 0) is 24.3 Å². The molecule has 1 aliphatic heterocycles. The molecule has 0 fully saturated rings. The van der Waals surface area contributed by atoms with Crippen LogP contribution in [0.5, 0.6) is 0 Å². The second kappa shape index (κ2) is 8.41. The lowest BCUT2D eigenvalue weighted by Gasteiger charge is -2.27. The molecular weight excluding hydrogens is 334 g/mol. The third-order valence-corrected chi connectivity index (χ3v) is 4.84. The Labute approximate surface area is 145 Å². The molecule has 0 aromatic heterocycles. The third-order valence-electron chi connectivity index (χ3n) is 3.63. The molecule has 1 heterocycles. The molecule has 1 atom stereocenters. The van der Waals surface area contributed by atoms with Crippen LogP contribution in [-0.2, 0) is 14.3 Å². The minimum absolute atomic E-state index is 0.120. The molecule has 0 bridgehead atoms. The fraction of sp³-hybridized carbons (Fsp3) is 0.412. The van der Waals surface area contributed by atoms with Crippen molar-refractivity contribution in [2.75, 3.05) is 18.1 Å². The van der Waals surface area contributed by atoms with Crippen LogP contribution in [0.3, 0.4) is 0 Å². The highest BCUT2D eigenvalue weighted by Crippen LogP contribution is 2.36. The average Bonchev–Trinajstić information content (AvgIpc) is 2.51. The highest BCUT2D eigenvalue weighted by Gasteiger charge is 2.33. The maximum absolute atomic E-state index is 12.5. The fourth-order valence-corrected chi connectivity index (χ4v) is 3.37. The van der Waals surface area contributed by atoms with Gasteiger partial charge in [-0.15, -0.1) is 0 Å². The minimum Gasteiger partial charge on any atom is -0.461 e. The van der Waals surface area contributed by atoms with Crippen LogP contribution >= 0.6 is 23.4 Å². The number of rotatable bonds is 6. The van der Waals surface area contributed by atoms with Crippen molar-refractivity contribution in [1.82, 2.24) is 5.32 Å². The van der Waals surface area contributed by atoms with E-state index in [1.807, 2.05) is 18.2 Å². The van der Waals surface area contributed by atoms with Crippen LogP contribution < -0.4 is 5.32 Å². The van der Waals surface area contributed by atoms with E-state index in [0.717, 1.165) is 17.1 Å². The van der Waals surface area contributed by atoms with Gasteiger partial charge in [0, 0.05) is 28.8 Å². The van der Waals surface area contributed by atoms with E-state index < -0.39 is 0 Å². The number of thioether (sulfide) groups is 1. The number of hydrogen-bond acceptors (Lipinski definition) is 4. The van der Waals surface area contributed by atoms with E-state index in [1.165, 1.54) is 0 Å². The molecule has 1 aromatic carbocycles. The Morgan fingerprint density at radius 2 is 2.17 bits per heavy atom. The standard InChI is InChI=1S/C17H20ClNO3S/c1-3-23-9-8-22-17(21)16-11(2)19-15(20)10-13(16)12-6-4-5-7-14(12)18/h4-7,13H,3,8-10H2,1-2H3,(H,19,20). The second-order valence-electron chi connectivity index (χ2n) is 5.20. The SMILES string of the molecule is CCSCCOC(=O)C1=C(C)NC(=O)CC1c1ccccc1Cl. The molecule has 6 heteroatoms. The van der Waals surface area contributed by atoms with E-state index in [2.05, 4.69) is 12.2 Å². The third kappa shape index (κ3) is 4.52. The van der Waals surface area contributed by atoms with Gasteiger partial charge in [0.1, 0.15) is 6.61 Å². The van der Waals surface area contributed by atoms with E-state index in [-0.39, 0.29) is 24.2 Å². The van der Waals surface area contributed by atoms with E-state index in [0.29, 0.717) is 22.9 Å². The van der Waals surface area contributed by atoms with Gasteiger partial charge in [-0.25, -0.2) is 4.79 Å². The van der Waals surface area contributed by atoms with E-state index in [9.17, 15) is 9.59 Å². The summed E-state index contributed by atoms with van der Waals surface area (Å²) in [4.78, 5) is 24.4. The lowest BCUT2D eigenvalue weighted by molar-refractivity contribution is -0.139. The highest BCUT2D eigenvalue weighted by atomic mass is 35.5. The summed E-state index contributed by atoms with van der Waals surface area (Å²) < 4.78 is 5.37. The molecule has 0 saturated carbocycles. The summed E-state index contributed by atoms with van der Waals surface area (Å²) in [5, 5.41) is 3.27. The molecule has 0 radical (unpaired) electrons. The Morgan fingerprint density at radius 1 is 1.43 bits per heavy atom. The van der Waals surface area contributed by atoms with Crippen LogP contribution in [0.25, 0.3) is 0 Å². The van der Waals surface area contributed by atoms with Crippen molar-refractivity contribution in [3.8, 4) is 0 Å². The second-order valence-corrected chi connectivity index (χ2v) is 7.00. The summed E-state index contributed by atoms with van der Waals surface area (Å²) in [6.07, 6.45) is 0.190. The number of amides is 1. The Morgan fingerprint density at radius 3 is 2.87 bits per heavy atom. The monoisotopic (exact) mass is 353 g/mol. The quantitative estimate of drug-likeness (QED) is 0.628. The van der Waals surface area contributed by atoms with Crippen molar-refractivity contribution in [1.29, 1.82) is 0 Å². The van der Waals surface area contributed by atoms with E-state index in [4.69, 9.17) is 16.3 Å². The Kier molecular flexibility index (Phi) is 6.54. The van der Waals surface area contributed by atoms with Gasteiger partial charge in [0.25, 0.3) is 0 Å². The largest absolute Gasteiger partial charge is 0.461 e. The molecule has 0 saturated heterocycles. The fourth-order valence-electron chi connectivity index (χ4n) is 2.61. The molecular formula is C17H20ClNO3S. The maximum Gasteiger partial charge on any atom is 0.336 e. The van der Waals surface area contributed by atoms with Crippen molar-refractivity contribution in [2.45, 2.75) is 26.2 Å². The van der Waals surface area contributed by atoms with Crippen molar-refractivity contribution >= 4 is 35.2 Å².